The topological polar surface area (TPSA) is 174 Å². The average molecular weight is 243 g/mol. The van der Waals surface area contributed by atoms with Crippen LogP contribution in [-0.2, 0) is 4.84 Å². The first-order chi connectivity index (χ1) is 7.31. The summed E-state index contributed by atoms with van der Waals surface area (Å²) in [5.74, 6) is 0. The summed E-state index contributed by atoms with van der Waals surface area (Å²) < 4.78 is 0. The van der Waals surface area contributed by atoms with E-state index < -0.39 is 42.4 Å². The second kappa shape index (κ2) is 6.52. The lowest BCUT2D eigenvalue weighted by molar-refractivity contribution is -0.782. The van der Waals surface area contributed by atoms with Gasteiger partial charge in [0.2, 0.25) is 6.29 Å². The molecule has 0 saturated carbocycles. The van der Waals surface area contributed by atoms with Gasteiger partial charge in [0.15, 0.2) is 0 Å². The lowest BCUT2D eigenvalue weighted by atomic mass is 10.0. The molecule has 0 aromatic heterocycles. The molecule has 0 aliphatic heterocycles. The summed E-state index contributed by atoms with van der Waals surface area (Å²) in [5.41, 5.74) is 0. The van der Waals surface area contributed by atoms with Crippen LogP contribution in [0.3, 0.4) is 0 Å². The van der Waals surface area contributed by atoms with Gasteiger partial charge in [-0.05, 0) is 0 Å². The summed E-state index contributed by atoms with van der Waals surface area (Å²) in [6.07, 6.45) is -10.5. The lowest BCUT2D eigenvalue weighted by Gasteiger charge is -2.27. The van der Waals surface area contributed by atoms with E-state index >= 15 is 0 Å². The van der Waals surface area contributed by atoms with E-state index in [0.29, 0.717) is 0 Å². The molecule has 1 unspecified atom stereocenters. The summed E-state index contributed by atoms with van der Waals surface area (Å²) in [5, 5.41) is 61.8. The van der Waals surface area contributed by atoms with E-state index in [-0.39, 0.29) is 0 Å². The summed E-state index contributed by atoms with van der Waals surface area (Å²) in [7, 11) is 0. The maximum Gasteiger partial charge on any atom is 0.297 e. The maximum atomic E-state index is 9.78. The van der Waals surface area contributed by atoms with Gasteiger partial charge in [-0.2, -0.15) is 0 Å². The molecule has 10 heteroatoms. The van der Waals surface area contributed by atoms with Gasteiger partial charge in [-0.25, -0.2) is 0 Å². The molecule has 0 aliphatic carbocycles. The third-order valence-electron chi connectivity index (χ3n) is 1.77. The Morgan fingerprint density at radius 2 is 1.56 bits per heavy atom. The van der Waals surface area contributed by atoms with E-state index in [1.807, 2.05) is 0 Å². The third-order valence-corrected chi connectivity index (χ3v) is 1.77. The molecule has 0 radical (unpaired) electrons. The Labute approximate surface area is 89.0 Å². The van der Waals surface area contributed by atoms with Gasteiger partial charge >= 0.3 is 0 Å². The van der Waals surface area contributed by atoms with Crippen LogP contribution in [0.1, 0.15) is 0 Å². The number of rotatable bonds is 7. The van der Waals surface area contributed by atoms with Gasteiger partial charge in [0.25, 0.3) is 5.09 Å². The van der Waals surface area contributed by atoms with Gasteiger partial charge < -0.3 is 30.6 Å². The van der Waals surface area contributed by atoms with Crippen molar-refractivity contribution < 1.29 is 40.6 Å². The molecule has 0 fully saturated rings. The van der Waals surface area contributed by atoms with Crippen LogP contribution in [0.25, 0.3) is 0 Å². The van der Waals surface area contributed by atoms with Crippen molar-refractivity contribution >= 4 is 0 Å². The second-order valence-electron chi connectivity index (χ2n) is 2.94. The Kier molecular flexibility index (Phi) is 6.10. The van der Waals surface area contributed by atoms with Crippen molar-refractivity contribution in [2.45, 2.75) is 30.7 Å². The molecular weight excluding hydrogens is 230 g/mol. The predicted molar refractivity (Wildman–Crippen MR) is 45.2 cm³/mol. The number of hydrogen-bond donors (Lipinski definition) is 6. The summed E-state index contributed by atoms with van der Waals surface area (Å²) in [6, 6.07) is 0. The van der Waals surface area contributed by atoms with E-state index in [1.54, 1.807) is 0 Å². The Balaban J connectivity index is 4.35. The summed E-state index contributed by atoms with van der Waals surface area (Å²) >= 11 is 0. The van der Waals surface area contributed by atoms with Crippen LogP contribution in [0.2, 0.25) is 0 Å². The lowest BCUT2D eigenvalue weighted by Crippen LogP contribution is -2.50. The normalized spacial score (nSPS) is 20.6. The van der Waals surface area contributed by atoms with E-state index in [1.165, 1.54) is 0 Å². The SMILES string of the molecule is O=[N+]([O-])OC(O)[C@H](O)[C@@H](O)[C@H](O)[C@@H](O)CO. The number of aliphatic hydroxyl groups excluding tert-OH is 6. The second-order valence-corrected chi connectivity index (χ2v) is 2.94. The molecule has 0 aromatic rings. The first-order valence-corrected chi connectivity index (χ1v) is 4.13. The highest BCUT2D eigenvalue weighted by Gasteiger charge is 2.35. The van der Waals surface area contributed by atoms with Crippen LogP contribution in [0.5, 0.6) is 0 Å². The molecule has 0 heterocycles. The smallest absolute Gasteiger partial charge is 0.297 e. The zero-order chi connectivity index (χ0) is 12.9. The highest BCUT2D eigenvalue weighted by Crippen LogP contribution is 2.09. The first kappa shape index (κ1) is 15.0. The standard InChI is InChI=1S/C6H13NO9/c8-1-2(9)3(10)4(11)5(12)6(13)16-7(14)15/h2-6,8-13H,1H2/t2-,3+,4-,5+,6?/m0/s1. The van der Waals surface area contributed by atoms with Gasteiger partial charge in [0.1, 0.15) is 24.4 Å². The summed E-state index contributed by atoms with van der Waals surface area (Å²) in [4.78, 5) is 13.3. The van der Waals surface area contributed by atoms with E-state index in [4.69, 9.17) is 30.6 Å². The number of nitrogens with zero attached hydrogens (tertiary/aromatic N) is 1. The van der Waals surface area contributed by atoms with Gasteiger partial charge in [-0.3, -0.25) is 4.84 Å². The quantitative estimate of drug-likeness (QED) is 0.148. The minimum atomic E-state index is -2.38. The molecule has 6 N–H and O–H groups in total. The molecule has 96 valence electrons. The number of hydrogen-bond acceptors (Lipinski definition) is 9. The molecule has 0 spiro atoms. The Hall–Kier alpha value is -1.04. The minimum absolute atomic E-state index is 0.906. The fourth-order valence-electron chi connectivity index (χ4n) is 0.857. The molecule has 5 atom stereocenters. The maximum absolute atomic E-state index is 9.78. The van der Waals surface area contributed by atoms with E-state index in [9.17, 15) is 10.1 Å². The zero-order valence-electron chi connectivity index (χ0n) is 7.95. The van der Waals surface area contributed by atoms with Crippen LogP contribution in [0.15, 0.2) is 0 Å². The first-order valence-electron chi connectivity index (χ1n) is 4.13. The van der Waals surface area contributed by atoms with Crippen molar-refractivity contribution in [3.63, 3.8) is 0 Å². The molecular formula is C6H13NO9. The molecule has 0 aromatic carbocycles. The molecule has 16 heavy (non-hydrogen) atoms. The average Bonchev–Trinajstić information content (AvgIpc) is 2.23. The zero-order valence-corrected chi connectivity index (χ0v) is 7.95. The van der Waals surface area contributed by atoms with Crippen LogP contribution in [0, 0.1) is 10.1 Å². The van der Waals surface area contributed by atoms with Gasteiger partial charge in [-0.1, -0.05) is 0 Å². The van der Waals surface area contributed by atoms with Crippen molar-refractivity contribution in [3.8, 4) is 0 Å². The molecule has 10 nitrogen and oxygen atoms in total. The third kappa shape index (κ3) is 4.22. The molecule has 0 bridgehead atoms. The van der Waals surface area contributed by atoms with Crippen LogP contribution < -0.4 is 0 Å². The van der Waals surface area contributed by atoms with Crippen molar-refractivity contribution in [2.24, 2.45) is 0 Å². The highest BCUT2D eigenvalue weighted by molar-refractivity contribution is 4.81. The molecule has 0 amide bonds. The van der Waals surface area contributed by atoms with Gasteiger partial charge in [0.05, 0.1) is 6.61 Å². The number of aliphatic hydroxyl groups is 6. The Bertz CT molecular complexity index is 224. The van der Waals surface area contributed by atoms with Crippen molar-refractivity contribution in [3.05, 3.63) is 10.1 Å². The largest absolute Gasteiger partial charge is 0.394 e. The Morgan fingerprint density at radius 3 is 1.94 bits per heavy atom. The van der Waals surface area contributed by atoms with Crippen molar-refractivity contribution in [1.82, 2.24) is 0 Å². The highest BCUT2D eigenvalue weighted by atomic mass is 17.0. The molecule has 0 saturated heterocycles. The van der Waals surface area contributed by atoms with Crippen molar-refractivity contribution in [1.29, 1.82) is 0 Å². The monoisotopic (exact) mass is 243 g/mol. The van der Waals surface area contributed by atoms with Gasteiger partial charge in [-0.15, -0.1) is 10.1 Å². The van der Waals surface area contributed by atoms with Crippen LogP contribution >= 0.6 is 0 Å². The minimum Gasteiger partial charge on any atom is -0.394 e. The van der Waals surface area contributed by atoms with Crippen LogP contribution in [-0.4, -0.2) is 73.0 Å². The molecule has 0 aliphatic rings. The Morgan fingerprint density at radius 1 is 1.06 bits per heavy atom. The van der Waals surface area contributed by atoms with Gasteiger partial charge in [0, 0.05) is 0 Å². The predicted octanol–water partition coefficient (Wildman–Crippen LogP) is -4.05. The van der Waals surface area contributed by atoms with Crippen molar-refractivity contribution in [2.75, 3.05) is 6.61 Å². The van der Waals surface area contributed by atoms with Crippen LogP contribution in [0.4, 0.5) is 0 Å². The fraction of sp³-hybridized carbons (Fsp3) is 1.00. The van der Waals surface area contributed by atoms with E-state index in [2.05, 4.69) is 4.84 Å². The van der Waals surface area contributed by atoms with E-state index in [0.717, 1.165) is 0 Å². The summed E-state index contributed by atoms with van der Waals surface area (Å²) in [6.45, 7) is -0.906. The molecule has 0 rings (SSSR count). The fourth-order valence-corrected chi connectivity index (χ4v) is 0.857.